The molecule has 11 rings (SSSR count). The fourth-order valence-corrected chi connectivity index (χ4v) is 9.62. The average molecular weight is 592 g/mol. The summed E-state index contributed by atoms with van der Waals surface area (Å²) in [6, 6.07) is 42.3. The van der Waals surface area contributed by atoms with Gasteiger partial charge in [0.05, 0.1) is 11.2 Å². The molecule has 0 fully saturated rings. The van der Waals surface area contributed by atoms with Gasteiger partial charge in [-0.1, -0.05) is 115 Å². The van der Waals surface area contributed by atoms with E-state index in [9.17, 15) is 0 Å². The van der Waals surface area contributed by atoms with Crippen molar-refractivity contribution >= 4 is 74.9 Å². The van der Waals surface area contributed by atoms with Gasteiger partial charge in [0, 0.05) is 59.4 Å². The fraction of sp³-hybridized carbons (Fsp3) is 0.0476. The zero-order valence-electron chi connectivity index (χ0n) is 24.2. The predicted molar refractivity (Wildman–Crippen MR) is 190 cm³/mol. The van der Waals surface area contributed by atoms with Crippen LogP contribution >= 0.6 is 11.3 Å². The third-order valence-corrected chi connectivity index (χ3v) is 11.3. The third-order valence-electron chi connectivity index (χ3n) is 10.1. The lowest BCUT2D eigenvalue weighted by Gasteiger charge is -2.30. The van der Waals surface area contributed by atoms with E-state index < -0.39 is 0 Å². The Morgan fingerprint density at radius 2 is 1.24 bits per heavy atom. The van der Waals surface area contributed by atoms with Crippen LogP contribution in [0.25, 0.3) is 80.5 Å². The summed E-state index contributed by atoms with van der Waals surface area (Å²) in [6.45, 7) is 0. The maximum Gasteiger partial charge on any atom is 0.135 e. The Morgan fingerprint density at radius 3 is 2.09 bits per heavy atom. The van der Waals surface area contributed by atoms with Crippen LogP contribution in [0.4, 0.5) is 0 Å². The quantitative estimate of drug-likeness (QED) is 0.174. The molecule has 6 aromatic carbocycles. The molecule has 0 saturated heterocycles. The molecule has 0 saturated carbocycles. The molecule has 2 atom stereocenters. The van der Waals surface area contributed by atoms with Gasteiger partial charge in [-0.05, 0) is 46.0 Å². The smallest absolute Gasteiger partial charge is 0.135 e. The molecule has 2 unspecified atom stereocenters. The molecule has 0 amide bonds. The van der Waals surface area contributed by atoms with E-state index in [0.29, 0.717) is 0 Å². The van der Waals surface area contributed by atoms with Crippen molar-refractivity contribution in [3.63, 3.8) is 0 Å². The molecule has 45 heavy (non-hydrogen) atoms. The van der Waals surface area contributed by atoms with Crippen LogP contribution in [0.2, 0.25) is 0 Å². The van der Waals surface area contributed by atoms with Crippen molar-refractivity contribution in [1.29, 1.82) is 0 Å². The largest absolute Gasteiger partial charge is 0.460 e. The van der Waals surface area contributed by atoms with Crippen molar-refractivity contribution in [3.8, 4) is 16.9 Å². The Kier molecular flexibility index (Phi) is 4.60. The SMILES string of the molecule is C1=CC2c3oc4ccccc4c3-c3c(c4ccccc4n3-c3ccc4c(c3)sc3c5ccccc5c5ccccc5c43)C2C=C1. The molecule has 2 nitrogen and oxygen atoms in total. The van der Waals surface area contributed by atoms with Gasteiger partial charge in [-0.25, -0.2) is 0 Å². The molecule has 0 N–H and O–H groups in total. The van der Waals surface area contributed by atoms with Crippen LogP contribution in [0.3, 0.4) is 0 Å². The Labute approximate surface area is 262 Å². The van der Waals surface area contributed by atoms with Crippen molar-refractivity contribution in [2.24, 2.45) is 0 Å². The van der Waals surface area contributed by atoms with Gasteiger partial charge in [-0.2, -0.15) is 0 Å². The zero-order valence-corrected chi connectivity index (χ0v) is 25.0. The number of aromatic nitrogens is 1. The third kappa shape index (κ3) is 3.04. The molecule has 2 aliphatic carbocycles. The second-order valence-corrected chi connectivity index (χ2v) is 13.4. The minimum atomic E-state index is 0.177. The molecular formula is C42H25NOS. The van der Waals surface area contributed by atoms with Crippen molar-refractivity contribution in [3.05, 3.63) is 151 Å². The monoisotopic (exact) mass is 591 g/mol. The van der Waals surface area contributed by atoms with Crippen LogP contribution in [-0.2, 0) is 0 Å². The maximum absolute atomic E-state index is 6.70. The average Bonchev–Trinajstić information content (AvgIpc) is 3.78. The number of para-hydroxylation sites is 2. The lowest BCUT2D eigenvalue weighted by molar-refractivity contribution is 0.503. The number of thiophene rings is 1. The zero-order chi connectivity index (χ0) is 29.2. The summed E-state index contributed by atoms with van der Waals surface area (Å²) in [6.07, 6.45) is 9.05. The highest BCUT2D eigenvalue weighted by Gasteiger charge is 2.40. The summed E-state index contributed by atoms with van der Waals surface area (Å²) in [5.41, 5.74) is 7.25. The number of benzene rings is 6. The van der Waals surface area contributed by atoms with Gasteiger partial charge < -0.3 is 8.98 Å². The van der Waals surface area contributed by atoms with Crippen molar-refractivity contribution in [1.82, 2.24) is 4.57 Å². The van der Waals surface area contributed by atoms with E-state index in [4.69, 9.17) is 4.42 Å². The fourth-order valence-electron chi connectivity index (χ4n) is 8.33. The number of fused-ring (bicyclic) bond motifs is 18. The molecule has 0 radical (unpaired) electrons. The first-order valence-electron chi connectivity index (χ1n) is 15.6. The van der Waals surface area contributed by atoms with Crippen LogP contribution in [0.1, 0.15) is 23.2 Å². The molecule has 9 aromatic rings. The summed E-state index contributed by atoms with van der Waals surface area (Å²) < 4.78 is 11.9. The molecule has 2 aliphatic rings. The van der Waals surface area contributed by atoms with Crippen molar-refractivity contribution < 1.29 is 4.42 Å². The van der Waals surface area contributed by atoms with Gasteiger partial charge in [-0.3, -0.25) is 0 Å². The predicted octanol–water partition coefficient (Wildman–Crippen LogP) is 12.0. The van der Waals surface area contributed by atoms with E-state index in [1.54, 1.807) is 0 Å². The molecule has 0 spiro atoms. The first-order valence-corrected chi connectivity index (χ1v) is 16.4. The molecule has 3 aromatic heterocycles. The van der Waals surface area contributed by atoms with Gasteiger partial charge in [0.25, 0.3) is 0 Å². The number of allylic oxidation sites excluding steroid dienone is 4. The Morgan fingerprint density at radius 1 is 0.578 bits per heavy atom. The number of furan rings is 1. The number of nitrogens with zero attached hydrogens (tertiary/aromatic N) is 1. The van der Waals surface area contributed by atoms with E-state index in [2.05, 4.69) is 144 Å². The highest BCUT2D eigenvalue weighted by atomic mass is 32.1. The molecule has 3 heteroatoms. The van der Waals surface area contributed by atoms with Crippen LogP contribution in [0.15, 0.2) is 144 Å². The van der Waals surface area contributed by atoms with Crippen LogP contribution in [-0.4, -0.2) is 4.57 Å². The lowest BCUT2D eigenvalue weighted by atomic mass is 9.74. The van der Waals surface area contributed by atoms with Crippen molar-refractivity contribution in [2.45, 2.75) is 11.8 Å². The summed E-state index contributed by atoms with van der Waals surface area (Å²) in [5.74, 6) is 1.46. The lowest BCUT2D eigenvalue weighted by Crippen LogP contribution is -2.16. The molecular weight excluding hydrogens is 567 g/mol. The van der Waals surface area contributed by atoms with Crippen LogP contribution in [0.5, 0.6) is 0 Å². The van der Waals surface area contributed by atoms with E-state index in [1.807, 2.05) is 11.3 Å². The van der Waals surface area contributed by atoms with Gasteiger partial charge in [-0.15, -0.1) is 11.3 Å². The summed E-state index contributed by atoms with van der Waals surface area (Å²) >= 11 is 1.92. The van der Waals surface area contributed by atoms with E-state index in [-0.39, 0.29) is 11.8 Å². The van der Waals surface area contributed by atoms with Gasteiger partial charge in [0.2, 0.25) is 0 Å². The first kappa shape index (κ1) is 24.0. The molecule has 3 heterocycles. The molecule has 210 valence electrons. The normalized spacial score (nSPS) is 17.2. The summed E-state index contributed by atoms with van der Waals surface area (Å²) in [5, 5.41) is 10.5. The molecule has 0 bridgehead atoms. The summed E-state index contributed by atoms with van der Waals surface area (Å²) in [4.78, 5) is 0. The minimum absolute atomic E-state index is 0.177. The van der Waals surface area contributed by atoms with Gasteiger partial charge in [0.15, 0.2) is 0 Å². The minimum Gasteiger partial charge on any atom is -0.460 e. The standard InChI is InChI=1S/C42H25NOS/c1-3-13-27-25(11-1)26-12-2-6-16-30(26)42-38(27)33-22-21-24(23-36(33)45-42)43-34-19-9-7-17-31(34)37-28-14-4-5-15-29(28)41-39(40(37)43)32-18-8-10-20-35(32)44-41/h1-23,28-29H. The summed E-state index contributed by atoms with van der Waals surface area (Å²) in [7, 11) is 0. The second-order valence-electron chi connectivity index (χ2n) is 12.4. The van der Waals surface area contributed by atoms with E-state index in [1.165, 1.54) is 80.5 Å². The Balaban J connectivity index is 1.27. The van der Waals surface area contributed by atoms with Gasteiger partial charge in [0.1, 0.15) is 11.3 Å². The van der Waals surface area contributed by atoms with E-state index in [0.717, 1.165) is 11.3 Å². The van der Waals surface area contributed by atoms with Crippen LogP contribution in [0, 0.1) is 0 Å². The Hall–Kier alpha value is -5.38. The highest BCUT2D eigenvalue weighted by molar-refractivity contribution is 7.27. The number of hydrogen-bond acceptors (Lipinski definition) is 2. The number of rotatable bonds is 1. The van der Waals surface area contributed by atoms with E-state index >= 15 is 0 Å². The van der Waals surface area contributed by atoms with Crippen molar-refractivity contribution in [2.75, 3.05) is 0 Å². The number of hydrogen-bond donors (Lipinski definition) is 0. The second kappa shape index (κ2) is 8.62. The maximum atomic E-state index is 6.70. The van der Waals surface area contributed by atoms with Crippen LogP contribution < -0.4 is 0 Å². The topological polar surface area (TPSA) is 18.1 Å². The highest BCUT2D eigenvalue weighted by Crippen LogP contribution is 2.56. The first-order chi connectivity index (χ1) is 22.3. The molecule has 0 aliphatic heterocycles. The van der Waals surface area contributed by atoms with Gasteiger partial charge >= 0.3 is 0 Å². The Bertz CT molecular complexity index is 2780.